The van der Waals surface area contributed by atoms with Crippen molar-refractivity contribution in [3.8, 4) is 0 Å². The number of ether oxygens (including phenoxy) is 2. The largest absolute Gasteiger partial charge is 0.469 e. The van der Waals surface area contributed by atoms with Gasteiger partial charge in [0.1, 0.15) is 18.9 Å². The van der Waals surface area contributed by atoms with Crippen molar-refractivity contribution in [1.29, 1.82) is 0 Å². The Hall–Kier alpha value is -2.91. The lowest BCUT2D eigenvalue weighted by atomic mass is 10.4. The first kappa shape index (κ1) is 16.5. The van der Waals surface area contributed by atoms with E-state index in [-0.39, 0.29) is 23.6 Å². The third-order valence-corrected chi connectivity index (χ3v) is 3.45. The number of hydrogen-bond donors (Lipinski definition) is 0. The van der Waals surface area contributed by atoms with Crippen LogP contribution >= 0.6 is 0 Å². The van der Waals surface area contributed by atoms with Crippen molar-refractivity contribution in [2.45, 2.75) is 13.0 Å². The normalized spacial score (nSPS) is 10.8. The zero-order valence-electron chi connectivity index (χ0n) is 13.2. The number of aryl methyl sites for hydroxylation is 2. The fourth-order valence-electron chi connectivity index (χ4n) is 2.08. The molecule has 0 amide bonds. The number of imidazole rings is 1. The highest BCUT2D eigenvalue weighted by Crippen LogP contribution is 2.10. The molecule has 0 spiro atoms. The van der Waals surface area contributed by atoms with Crippen LogP contribution in [-0.4, -0.2) is 37.7 Å². The second-order valence-corrected chi connectivity index (χ2v) is 4.88. The molecule has 124 valence electrons. The Kier molecular flexibility index (Phi) is 4.34. The van der Waals surface area contributed by atoms with Crippen molar-refractivity contribution in [2.24, 2.45) is 21.1 Å². The minimum Gasteiger partial charge on any atom is -0.469 e. The van der Waals surface area contributed by atoms with Crippen molar-refractivity contribution in [3.05, 3.63) is 26.7 Å². The number of carbonyl (C=O) groups excluding carboxylic acids is 2. The molecular weight excluding hydrogens is 308 g/mol. The van der Waals surface area contributed by atoms with E-state index in [2.05, 4.69) is 9.72 Å². The van der Waals surface area contributed by atoms with E-state index < -0.39 is 29.6 Å². The number of esters is 2. The molecular formula is C13H16N4O6. The molecule has 0 saturated heterocycles. The monoisotopic (exact) mass is 324 g/mol. The molecule has 0 aromatic carbocycles. The maximum atomic E-state index is 12.2. The van der Waals surface area contributed by atoms with Crippen molar-refractivity contribution in [2.75, 3.05) is 7.11 Å². The molecule has 0 aliphatic rings. The van der Waals surface area contributed by atoms with E-state index in [1.54, 1.807) is 7.05 Å². The summed E-state index contributed by atoms with van der Waals surface area (Å²) in [5.74, 6) is -1.21. The van der Waals surface area contributed by atoms with Gasteiger partial charge in [-0.3, -0.25) is 23.5 Å². The molecule has 0 aliphatic heterocycles. The van der Waals surface area contributed by atoms with Crippen LogP contribution in [0.25, 0.3) is 11.2 Å². The second kappa shape index (κ2) is 6.07. The van der Waals surface area contributed by atoms with Gasteiger partial charge in [0.2, 0.25) is 0 Å². The Bertz CT molecular complexity index is 904. The summed E-state index contributed by atoms with van der Waals surface area (Å²) in [6, 6.07) is 0. The van der Waals surface area contributed by atoms with E-state index in [1.807, 2.05) is 0 Å². The van der Waals surface area contributed by atoms with Crippen LogP contribution in [0.1, 0.15) is 12.2 Å². The molecule has 0 radical (unpaired) electrons. The molecule has 0 atom stereocenters. The van der Waals surface area contributed by atoms with Crippen molar-refractivity contribution in [3.63, 3.8) is 0 Å². The maximum absolute atomic E-state index is 12.2. The summed E-state index contributed by atoms with van der Waals surface area (Å²) < 4.78 is 12.9. The Morgan fingerprint density at radius 2 is 1.70 bits per heavy atom. The highest BCUT2D eigenvalue weighted by molar-refractivity contribution is 5.91. The number of carbonyl (C=O) groups is 2. The third kappa shape index (κ3) is 2.87. The Labute approximate surface area is 129 Å². The van der Waals surface area contributed by atoms with Gasteiger partial charge >= 0.3 is 17.6 Å². The van der Waals surface area contributed by atoms with Crippen molar-refractivity contribution in [1.82, 2.24) is 18.7 Å². The fourth-order valence-corrected chi connectivity index (χ4v) is 2.08. The summed E-state index contributed by atoms with van der Waals surface area (Å²) >= 11 is 0. The van der Waals surface area contributed by atoms with Crippen LogP contribution in [0.15, 0.2) is 9.59 Å². The lowest BCUT2D eigenvalue weighted by molar-refractivity contribution is -0.154. The van der Waals surface area contributed by atoms with Crippen LogP contribution in [0.3, 0.4) is 0 Å². The van der Waals surface area contributed by atoms with Gasteiger partial charge in [0.05, 0.1) is 7.11 Å². The van der Waals surface area contributed by atoms with Gasteiger partial charge in [-0.1, -0.05) is 0 Å². The molecule has 2 aromatic heterocycles. The van der Waals surface area contributed by atoms with Crippen LogP contribution in [-0.2, 0) is 46.8 Å². The summed E-state index contributed by atoms with van der Waals surface area (Å²) in [5.41, 5.74) is -0.590. The number of nitrogens with zero attached hydrogens (tertiary/aromatic N) is 4. The molecule has 0 fully saturated rings. The zero-order chi connectivity index (χ0) is 17.3. The highest BCUT2D eigenvalue weighted by Gasteiger charge is 2.18. The number of hydrogen-bond acceptors (Lipinski definition) is 7. The van der Waals surface area contributed by atoms with E-state index in [0.29, 0.717) is 0 Å². The first-order chi connectivity index (χ1) is 10.8. The van der Waals surface area contributed by atoms with Gasteiger partial charge in [-0.05, 0) is 0 Å². The number of rotatable bonds is 4. The predicted molar refractivity (Wildman–Crippen MR) is 77.6 cm³/mol. The molecule has 2 aromatic rings. The lowest BCUT2D eigenvalue weighted by Gasteiger charge is -2.04. The first-order valence-corrected chi connectivity index (χ1v) is 6.61. The van der Waals surface area contributed by atoms with E-state index in [0.717, 1.165) is 11.7 Å². The van der Waals surface area contributed by atoms with E-state index in [1.165, 1.54) is 23.2 Å². The van der Waals surface area contributed by atoms with Gasteiger partial charge in [-0.25, -0.2) is 9.78 Å². The van der Waals surface area contributed by atoms with Gasteiger partial charge in [-0.2, -0.15) is 0 Å². The Morgan fingerprint density at radius 1 is 1.04 bits per heavy atom. The van der Waals surface area contributed by atoms with E-state index in [9.17, 15) is 19.2 Å². The smallest absolute Gasteiger partial charge is 0.332 e. The first-order valence-electron chi connectivity index (χ1n) is 6.61. The van der Waals surface area contributed by atoms with Gasteiger partial charge < -0.3 is 14.0 Å². The molecule has 0 N–H and O–H groups in total. The summed E-state index contributed by atoms with van der Waals surface area (Å²) in [6.45, 7) is -0.238. The van der Waals surface area contributed by atoms with Gasteiger partial charge in [0, 0.05) is 21.1 Å². The quantitative estimate of drug-likeness (QED) is 0.500. The van der Waals surface area contributed by atoms with Crippen molar-refractivity contribution >= 4 is 23.1 Å². The minimum absolute atomic E-state index is 0.194. The standard InChI is InChI=1S/C13H16N4O6/c1-15-7(6-23-9(19)5-8(18)22-4)14-11-10(15)12(20)17(3)13(21)16(11)2/h5-6H2,1-4H3. The molecule has 0 saturated carbocycles. The lowest BCUT2D eigenvalue weighted by Crippen LogP contribution is -2.37. The van der Waals surface area contributed by atoms with E-state index in [4.69, 9.17) is 4.74 Å². The van der Waals surface area contributed by atoms with Gasteiger partial charge in [0.15, 0.2) is 11.2 Å². The molecule has 2 rings (SSSR count). The molecule has 0 aliphatic carbocycles. The van der Waals surface area contributed by atoms with Crippen LogP contribution in [0.4, 0.5) is 0 Å². The molecule has 10 heteroatoms. The van der Waals surface area contributed by atoms with Gasteiger partial charge in [-0.15, -0.1) is 0 Å². The molecule has 23 heavy (non-hydrogen) atoms. The number of fused-ring (bicyclic) bond motifs is 1. The molecule has 0 bridgehead atoms. The average molecular weight is 324 g/mol. The minimum atomic E-state index is -0.773. The van der Waals surface area contributed by atoms with Gasteiger partial charge in [0.25, 0.3) is 5.56 Å². The Morgan fingerprint density at radius 3 is 2.30 bits per heavy atom. The SMILES string of the molecule is COC(=O)CC(=O)OCc1nc2c(c(=O)n(C)c(=O)n2C)n1C. The summed E-state index contributed by atoms with van der Waals surface area (Å²) in [6.07, 6.45) is -0.513. The second-order valence-electron chi connectivity index (χ2n) is 4.88. The average Bonchev–Trinajstić information content (AvgIpc) is 2.85. The van der Waals surface area contributed by atoms with Crippen molar-refractivity contribution < 1.29 is 19.1 Å². The highest BCUT2D eigenvalue weighted by atomic mass is 16.5. The summed E-state index contributed by atoms with van der Waals surface area (Å²) in [7, 11) is 5.60. The number of methoxy groups -OCH3 is 1. The molecule has 2 heterocycles. The van der Waals surface area contributed by atoms with Crippen LogP contribution < -0.4 is 11.2 Å². The summed E-state index contributed by atoms with van der Waals surface area (Å²) in [5, 5.41) is 0. The molecule has 0 unspecified atom stereocenters. The zero-order valence-corrected chi connectivity index (χ0v) is 13.2. The number of aromatic nitrogens is 4. The topological polar surface area (TPSA) is 114 Å². The van der Waals surface area contributed by atoms with Crippen LogP contribution in [0.5, 0.6) is 0 Å². The molecule has 10 nitrogen and oxygen atoms in total. The maximum Gasteiger partial charge on any atom is 0.332 e. The van der Waals surface area contributed by atoms with Crippen LogP contribution in [0.2, 0.25) is 0 Å². The van der Waals surface area contributed by atoms with Crippen LogP contribution in [0, 0.1) is 0 Å². The predicted octanol–water partition coefficient (Wildman–Crippen LogP) is -1.42. The fraction of sp³-hybridized carbons (Fsp3) is 0.462. The summed E-state index contributed by atoms with van der Waals surface area (Å²) in [4.78, 5) is 50.7. The third-order valence-electron chi connectivity index (χ3n) is 3.45. The van der Waals surface area contributed by atoms with E-state index >= 15 is 0 Å². The Balaban J connectivity index is 2.35.